The van der Waals surface area contributed by atoms with Crippen molar-refractivity contribution >= 4 is 103 Å². The van der Waals surface area contributed by atoms with Crippen LogP contribution in [0.5, 0.6) is 0 Å². The molecule has 10 rings (SSSR count). The van der Waals surface area contributed by atoms with Gasteiger partial charge < -0.3 is 14.8 Å². The third-order valence-electron chi connectivity index (χ3n) is 12.0. The van der Waals surface area contributed by atoms with Gasteiger partial charge in [0.25, 0.3) is 11.8 Å². The lowest BCUT2D eigenvalue weighted by molar-refractivity contribution is -0.122. The minimum absolute atomic E-state index is 0.00521. The highest BCUT2D eigenvalue weighted by atomic mass is 32.2. The van der Waals surface area contributed by atoms with Gasteiger partial charge in [0, 0.05) is 41.0 Å². The Morgan fingerprint density at radius 1 is 0.815 bits per heavy atom. The van der Waals surface area contributed by atoms with Gasteiger partial charge in [-0.2, -0.15) is 0 Å². The molecule has 3 unspecified atom stereocenters. The van der Waals surface area contributed by atoms with Crippen molar-refractivity contribution in [1.82, 2.24) is 20.1 Å². The molecular formula is C40H40N4O4S6. The average molecular weight is 833 g/mol. The number of nitrogens with one attached hydrogen (secondary N) is 1. The minimum Gasteiger partial charge on any atom is -0.481 e. The number of carbonyl (C=O) groups is 2. The molecule has 1 N–H and O–H groups in total. The normalized spacial score (nSPS) is 30.7. The van der Waals surface area contributed by atoms with Gasteiger partial charge in [0.15, 0.2) is 5.60 Å². The van der Waals surface area contributed by atoms with Gasteiger partial charge in [-0.1, -0.05) is 84.7 Å². The maximum Gasteiger partial charge on any atom is 0.266 e. The molecule has 1 aromatic heterocycles. The Labute approximate surface area is 343 Å². The number of allylic oxidation sites excluding steroid dienone is 6. The zero-order chi connectivity index (χ0) is 36.9. The van der Waals surface area contributed by atoms with E-state index >= 15 is 0 Å². The number of amides is 2. The molecule has 14 heteroatoms. The molecule has 2 amide bonds. The van der Waals surface area contributed by atoms with E-state index in [0.717, 1.165) is 89.6 Å². The zero-order valence-electron chi connectivity index (χ0n) is 30.1. The Kier molecular flexibility index (Phi) is 8.94. The first kappa shape index (κ1) is 35.8. The number of nitrogens with zero attached hydrogens (tertiary/aromatic N) is 3. The number of aromatic nitrogens is 1. The lowest BCUT2D eigenvalue weighted by Gasteiger charge is -2.46. The van der Waals surface area contributed by atoms with Gasteiger partial charge in [0.05, 0.1) is 25.8 Å². The highest BCUT2D eigenvalue weighted by Crippen LogP contribution is 2.58. The summed E-state index contributed by atoms with van der Waals surface area (Å²) in [5.74, 6) is 2.05. The maximum atomic E-state index is 13.2. The molecule has 9 aliphatic rings. The number of ether oxygens (including phenoxy) is 2. The first-order valence-electron chi connectivity index (χ1n) is 19.2. The number of thiocarbonyl (C=S) groups is 2. The zero-order valence-corrected chi connectivity index (χ0v) is 35.0. The molecule has 8 nitrogen and oxygen atoms in total. The van der Waals surface area contributed by atoms with Crippen LogP contribution in [0.1, 0.15) is 93.6 Å². The molecular weight excluding hydrogens is 793 g/mol. The van der Waals surface area contributed by atoms with E-state index in [4.69, 9.17) is 38.9 Å². The molecule has 1 aromatic rings. The molecule has 0 radical (unpaired) electrons. The fraction of sp³-hybridized carbons (Fsp3) is 0.475. The van der Waals surface area contributed by atoms with Gasteiger partial charge in [-0.15, -0.1) is 11.3 Å². The number of carbonyl (C=O) groups excluding carboxylic acids is 2. The van der Waals surface area contributed by atoms with Gasteiger partial charge in [-0.3, -0.25) is 19.4 Å². The molecule has 280 valence electrons. The van der Waals surface area contributed by atoms with Gasteiger partial charge in [-0.05, 0) is 89.5 Å². The van der Waals surface area contributed by atoms with Crippen molar-refractivity contribution < 1.29 is 19.1 Å². The molecule has 4 aliphatic carbocycles. The molecule has 54 heavy (non-hydrogen) atoms. The van der Waals surface area contributed by atoms with E-state index in [-0.39, 0.29) is 29.0 Å². The van der Waals surface area contributed by atoms with Crippen LogP contribution in [-0.4, -0.2) is 59.3 Å². The smallest absolute Gasteiger partial charge is 0.266 e. The van der Waals surface area contributed by atoms with Crippen molar-refractivity contribution in [2.75, 3.05) is 13.1 Å². The molecule has 2 spiro atoms. The van der Waals surface area contributed by atoms with Crippen LogP contribution in [0.25, 0.3) is 11.6 Å². The van der Waals surface area contributed by atoms with Crippen LogP contribution in [0.2, 0.25) is 0 Å². The molecule has 2 saturated heterocycles. The molecule has 2 saturated carbocycles. The average Bonchev–Trinajstić information content (AvgIpc) is 3.92. The van der Waals surface area contributed by atoms with Crippen molar-refractivity contribution in [3.63, 3.8) is 0 Å². The van der Waals surface area contributed by atoms with Crippen molar-refractivity contribution in [1.29, 1.82) is 0 Å². The second kappa shape index (κ2) is 13.5. The lowest BCUT2D eigenvalue weighted by Crippen LogP contribution is -2.45. The Morgan fingerprint density at radius 2 is 1.39 bits per heavy atom. The lowest BCUT2D eigenvalue weighted by atomic mass is 9.74. The molecule has 4 fully saturated rings. The predicted octanol–water partition coefficient (Wildman–Crippen LogP) is 9.26. The van der Waals surface area contributed by atoms with Crippen LogP contribution in [0, 0.1) is 11.8 Å². The number of hydrogen-bond acceptors (Lipinski definition) is 12. The van der Waals surface area contributed by atoms with E-state index in [1.54, 1.807) is 32.9 Å². The first-order valence-corrected chi connectivity index (χ1v) is 23.3. The fourth-order valence-corrected chi connectivity index (χ4v) is 14.7. The Balaban J connectivity index is 1.01. The van der Waals surface area contributed by atoms with E-state index in [1.165, 1.54) is 47.0 Å². The molecule has 5 aliphatic heterocycles. The summed E-state index contributed by atoms with van der Waals surface area (Å²) in [6, 6.07) is 0. The molecule has 3 atom stereocenters. The number of fused-ring (bicyclic) bond motifs is 8. The monoisotopic (exact) mass is 832 g/mol. The predicted molar refractivity (Wildman–Crippen MR) is 227 cm³/mol. The van der Waals surface area contributed by atoms with Crippen LogP contribution in [0.4, 0.5) is 0 Å². The van der Waals surface area contributed by atoms with Crippen LogP contribution in [0.15, 0.2) is 67.9 Å². The highest BCUT2D eigenvalue weighted by Gasteiger charge is 2.52. The van der Waals surface area contributed by atoms with Crippen molar-refractivity contribution in [2.24, 2.45) is 11.8 Å². The summed E-state index contributed by atoms with van der Waals surface area (Å²) in [7, 11) is 0. The van der Waals surface area contributed by atoms with Gasteiger partial charge in [0.1, 0.15) is 36.5 Å². The van der Waals surface area contributed by atoms with Gasteiger partial charge >= 0.3 is 0 Å². The van der Waals surface area contributed by atoms with Crippen molar-refractivity contribution in [3.8, 4) is 0 Å². The standard InChI is InChI=1S/C40H40N4O4S6/c1-3-43-35(45)27(51-37(43)49)19-29-41-33-31(53-29)23-15-21-18-26-24(16-22(21)17-25(23)47-39(33)11-7-5-8-12-39)32-34(40(48-26)13-9-6-10-14-40)42-30(54-32)20-28-36(46)44(4-2)38(50)52-28/h15-22,29,41H,3-14H2,1-2H3/b27-19+,28-20-. The molecule has 0 aromatic carbocycles. The Morgan fingerprint density at radius 3 is 2.04 bits per heavy atom. The molecule has 6 heterocycles. The van der Waals surface area contributed by atoms with E-state index in [1.807, 2.05) is 19.9 Å². The van der Waals surface area contributed by atoms with E-state index in [0.29, 0.717) is 31.5 Å². The van der Waals surface area contributed by atoms with Crippen LogP contribution in [-0.2, 0) is 24.7 Å². The summed E-state index contributed by atoms with van der Waals surface area (Å²) in [5, 5.41) is 4.58. The SMILES string of the molecule is CCN1C(=O)/C(=C/c2nc3c(s2)C2=CC4C=C5OC6(CCCCC6)C6=C(SC(/C=C7/SC(=S)N(CC)C7=O)N6)C5=CC4C=C2OC32CCCCC2)SC1=S. The second-order valence-electron chi connectivity index (χ2n) is 15.2. The number of hydrogen-bond donors (Lipinski definition) is 1. The number of thiazole rings is 1. The molecule has 0 bridgehead atoms. The minimum atomic E-state index is -0.467. The van der Waals surface area contributed by atoms with Crippen LogP contribution in [0.3, 0.4) is 0 Å². The van der Waals surface area contributed by atoms with E-state index < -0.39 is 11.2 Å². The van der Waals surface area contributed by atoms with Gasteiger partial charge in [-0.25, -0.2) is 4.98 Å². The Bertz CT molecular complexity index is 2150. The summed E-state index contributed by atoms with van der Waals surface area (Å²) >= 11 is 17.2. The summed E-state index contributed by atoms with van der Waals surface area (Å²) < 4.78 is 15.5. The summed E-state index contributed by atoms with van der Waals surface area (Å²) in [4.78, 5) is 38.6. The topological polar surface area (TPSA) is 84.0 Å². The third kappa shape index (κ3) is 5.62. The Hall–Kier alpha value is -2.62. The quantitative estimate of drug-likeness (QED) is 0.233. The van der Waals surface area contributed by atoms with Crippen LogP contribution < -0.4 is 5.32 Å². The summed E-state index contributed by atoms with van der Waals surface area (Å²) in [6.07, 6.45) is 24.0. The highest BCUT2D eigenvalue weighted by molar-refractivity contribution is 8.27. The third-order valence-corrected chi connectivity index (χ3v) is 17.0. The maximum absolute atomic E-state index is 13.2. The second-order valence-corrected chi connectivity index (χ2v) is 20.7. The number of likely N-dealkylation sites (N-methyl/N-ethyl adjacent to an activating group) is 2. The van der Waals surface area contributed by atoms with E-state index in [2.05, 4.69) is 35.7 Å². The first-order chi connectivity index (χ1) is 26.2. The van der Waals surface area contributed by atoms with Crippen molar-refractivity contribution in [3.05, 3.63) is 83.5 Å². The summed E-state index contributed by atoms with van der Waals surface area (Å²) in [6.45, 7) is 5.06. The fourth-order valence-electron chi connectivity index (χ4n) is 9.36. The number of rotatable bonds is 4. The number of thioether (sulfide) groups is 3. The van der Waals surface area contributed by atoms with Gasteiger partial charge in [0.2, 0.25) is 0 Å². The largest absolute Gasteiger partial charge is 0.481 e. The summed E-state index contributed by atoms with van der Waals surface area (Å²) in [5.41, 5.74) is 3.56. The van der Waals surface area contributed by atoms with E-state index in [9.17, 15) is 9.59 Å². The van der Waals surface area contributed by atoms with Crippen molar-refractivity contribution in [2.45, 2.75) is 94.6 Å². The van der Waals surface area contributed by atoms with Crippen LogP contribution >= 0.6 is 71.1 Å².